The molecule has 2 fully saturated rings. The van der Waals surface area contributed by atoms with Crippen molar-refractivity contribution >= 4 is 16.9 Å². The van der Waals surface area contributed by atoms with Crippen LogP contribution in [0.1, 0.15) is 54.8 Å². The van der Waals surface area contributed by atoms with Crippen LogP contribution in [0.3, 0.4) is 0 Å². The van der Waals surface area contributed by atoms with Gasteiger partial charge >= 0.3 is 5.97 Å². The number of para-hydroxylation sites is 1. The summed E-state index contributed by atoms with van der Waals surface area (Å²) in [5.74, 6) is -0.620. The molecule has 0 bridgehead atoms. The fourth-order valence-electron chi connectivity index (χ4n) is 5.37. The normalized spacial score (nSPS) is 18.8. The molecule has 1 saturated carbocycles. The Balaban J connectivity index is 1.77. The molecule has 1 aromatic heterocycles. The highest BCUT2D eigenvalue weighted by molar-refractivity contribution is 5.89. The molecule has 4 nitrogen and oxygen atoms in total. The quantitative estimate of drug-likeness (QED) is 0.569. The number of carboxylic acid groups (broad SMARTS) is 1. The van der Waals surface area contributed by atoms with Crippen LogP contribution in [0.15, 0.2) is 42.5 Å². The molecule has 1 N–H and O–H groups in total. The minimum atomic E-state index is -0.689. The number of aryl methyl sites for hydroxylation is 1. The standard InChI is InChI=1S/C26H28FNO3/c1-17-15-19(7-8-22(17)27)28-23-6-3-2-5-20(23)21(16-26(25(29)30)11-4-12-26)24(28)18-9-13-31-14-10-18/h2-3,5-8,15,18H,4,9-14,16H2,1H3,(H,29,30). The largest absolute Gasteiger partial charge is 0.481 e. The van der Waals surface area contributed by atoms with E-state index >= 15 is 0 Å². The fourth-order valence-corrected chi connectivity index (χ4v) is 5.37. The lowest BCUT2D eigenvalue weighted by Crippen LogP contribution is -2.40. The van der Waals surface area contributed by atoms with Crippen LogP contribution >= 0.6 is 0 Å². The molecule has 5 rings (SSSR count). The Hall–Kier alpha value is -2.66. The van der Waals surface area contributed by atoms with Gasteiger partial charge in [0.25, 0.3) is 0 Å². The third-order valence-corrected chi connectivity index (χ3v) is 7.31. The van der Waals surface area contributed by atoms with Crippen molar-refractivity contribution in [2.24, 2.45) is 5.41 Å². The number of halogens is 1. The van der Waals surface area contributed by atoms with Gasteiger partial charge < -0.3 is 14.4 Å². The monoisotopic (exact) mass is 421 g/mol. The minimum absolute atomic E-state index is 0.215. The zero-order valence-electron chi connectivity index (χ0n) is 17.9. The predicted octanol–water partition coefficient (Wildman–Crippen LogP) is 5.77. The zero-order valence-corrected chi connectivity index (χ0v) is 17.9. The Kier molecular flexibility index (Phi) is 5.09. The third kappa shape index (κ3) is 3.35. The summed E-state index contributed by atoms with van der Waals surface area (Å²) in [5, 5.41) is 11.2. The van der Waals surface area contributed by atoms with Gasteiger partial charge in [0.05, 0.1) is 10.9 Å². The first-order valence-corrected chi connectivity index (χ1v) is 11.2. The molecule has 1 saturated heterocycles. The van der Waals surface area contributed by atoms with Crippen molar-refractivity contribution in [2.75, 3.05) is 13.2 Å². The molecule has 3 aromatic rings. The van der Waals surface area contributed by atoms with Crippen molar-refractivity contribution in [2.45, 2.75) is 51.4 Å². The van der Waals surface area contributed by atoms with Crippen LogP contribution in [-0.4, -0.2) is 28.9 Å². The molecule has 2 aliphatic rings. The predicted molar refractivity (Wildman–Crippen MR) is 118 cm³/mol. The highest BCUT2D eigenvalue weighted by Gasteiger charge is 2.45. The fraction of sp³-hybridized carbons (Fsp3) is 0.423. The van der Waals surface area contributed by atoms with E-state index in [9.17, 15) is 14.3 Å². The number of carbonyl (C=O) groups is 1. The van der Waals surface area contributed by atoms with Crippen LogP contribution in [-0.2, 0) is 16.0 Å². The highest BCUT2D eigenvalue weighted by Crippen LogP contribution is 2.48. The summed E-state index contributed by atoms with van der Waals surface area (Å²) < 4.78 is 21.9. The van der Waals surface area contributed by atoms with E-state index in [1.807, 2.05) is 24.3 Å². The Labute approximate surface area is 181 Å². The first-order valence-electron chi connectivity index (χ1n) is 11.2. The lowest BCUT2D eigenvalue weighted by atomic mass is 9.65. The summed E-state index contributed by atoms with van der Waals surface area (Å²) >= 11 is 0. The summed E-state index contributed by atoms with van der Waals surface area (Å²) in [6.07, 6.45) is 4.78. The van der Waals surface area contributed by atoms with Crippen LogP contribution in [0.4, 0.5) is 4.39 Å². The maximum atomic E-state index is 14.1. The second kappa shape index (κ2) is 7.79. The van der Waals surface area contributed by atoms with E-state index in [0.29, 0.717) is 25.2 Å². The van der Waals surface area contributed by atoms with Gasteiger partial charge in [-0.2, -0.15) is 0 Å². The van der Waals surface area contributed by atoms with Gasteiger partial charge in [-0.25, -0.2) is 4.39 Å². The van der Waals surface area contributed by atoms with E-state index in [1.54, 1.807) is 6.92 Å². The van der Waals surface area contributed by atoms with Crippen molar-refractivity contribution in [3.05, 3.63) is 65.1 Å². The molecule has 0 spiro atoms. The highest BCUT2D eigenvalue weighted by atomic mass is 19.1. The number of fused-ring (bicyclic) bond motifs is 1. The Morgan fingerprint density at radius 3 is 2.58 bits per heavy atom. The maximum absolute atomic E-state index is 14.1. The van der Waals surface area contributed by atoms with Crippen LogP contribution in [0.5, 0.6) is 0 Å². The van der Waals surface area contributed by atoms with Crippen molar-refractivity contribution < 1.29 is 19.0 Å². The van der Waals surface area contributed by atoms with Gasteiger partial charge in [-0.05, 0) is 74.4 Å². The smallest absolute Gasteiger partial charge is 0.309 e. The molecule has 2 aromatic carbocycles. The summed E-state index contributed by atoms with van der Waals surface area (Å²) in [6.45, 7) is 3.20. The van der Waals surface area contributed by atoms with E-state index in [2.05, 4.69) is 16.7 Å². The molecule has 0 atom stereocenters. The van der Waals surface area contributed by atoms with E-state index < -0.39 is 11.4 Å². The molecule has 0 unspecified atom stereocenters. The first-order chi connectivity index (χ1) is 15.0. The Bertz CT molecular complexity index is 1140. The van der Waals surface area contributed by atoms with Gasteiger partial charge in [-0.1, -0.05) is 24.6 Å². The number of aromatic nitrogens is 1. The number of hydrogen-bond acceptors (Lipinski definition) is 2. The summed E-state index contributed by atoms with van der Waals surface area (Å²) in [7, 11) is 0. The molecule has 0 radical (unpaired) electrons. The number of ether oxygens (including phenoxy) is 1. The maximum Gasteiger partial charge on any atom is 0.309 e. The molecule has 1 aliphatic heterocycles. The summed E-state index contributed by atoms with van der Waals surface area (Å²) in [5.41, 5.74) is 4.25. The van der Waals surface area contributed by atoms with E-state index in [-0.39, 0.29) is 11.7 Å². The number of benzene rings is 2. The zero-order chi connectivity index (χ0) is 21.6. The average Bonchev–Trinajstić information content (AvgIpc) is 3.07. The van der Waals surface area contributed by atoms with Crippen LogP contribution in [0, 0.1) is 18.2 Å². The van der Waals surface area contributed by atoms with Gasteiger partial charge in [0, 0.05) is 35.9 Å². The molecule has 5 heteroatoms. The topological polar surface area (TPSA) is 51.5 Å². The minimum Gasteiger partial charge on any atom is -0.481 e. The third-order valence-electron chi connectivity index (χ3n) is 7.31. The van der Waals surface area contributed by atoms with Gasteiger partial charge in [0.15, 0.2) is 0 Å². The molecule has 162 valence electrons. The van der Waals surface area contributed by atoms with Gasteiger partial charge in [-0.15, -0.1) is 0 Å². The number of aliphatic carboxylic acids is 1. The molecule has 2 heterocycles. The van der Waals surface area contributed by atoms with Crippen LogP contribution in [0.2, 0.25) is 0 Å². The Morgan fingerprint density at radius 2 is 1.94 bits per heavy atom. The SMILES string of the molecule is Cc1cc(-n2c(C3CCOCC3)c(CC3(C(=O)O)CCC3)c3ccccc32)ccc1F. The number of hydrogen-bond donors (Lipinski definition) is 1. The van der Waals surface area contributed by atoms with E-state index in [4.69, 9.17) is 4.74 Å². The first kappa shape index (κ1) is 20.3. The number of carboxylic acids is 1. The lowest BCUT2D eigenvalue weighted by molar-refractivity contribution is -0.154. The van der Waals surface area contributed by atoms with Crippen molar-refractivity contribution in [1.82, 2.24) is 4.57 Å². The van der Waals surface area contributed by atoms with Gasteiger partial charge in [0.1, 0.15) is 5.82 Å². The van der Waals surface area contributed by atoms with Gasteiger partial charge in [0.2, 0.25) is 0 Å². The van der Waals surface area contributed by atoms with Crippen LogP contribution < -0.4 is 0 Å². The summed E-state index contributed by atoms with van der Waals surface area (Å²) in [4.78, 5) is 12.2. The van der Waals surface area contributed by atoms with Gasteiger partial charge in [-0.3, -0.25) is 4.79 Å². The molecule has 1 aliphatic carbocycles. The van der Waals surface area contributed by atoms with E-state index in [0.717, 1.165) is 54.3 Å². The van der Waals surface area contributed by atoms with Crippen molar-refractivity contribution in [3.63, 3.8) is 0 Å². The average molecular weight is 422 g/mol. The molecule has 0 amide bonds. The van der Waals surface area contributed by atoms with E-state index in [1.165, 1.54) is 11.8 Å². The molecule has 31 heavy (non-hydrogen) atoms. The number of nitrogens with zero attached hydrogens (tertiary/aromatic N) is 1. The second-order valence-electron chi connectivity index (χ2n) is 9.15. The number of rotatable bonds is 5. The summed E-state index contributed by atoms with van der Waals surface area (Å²) in [6, 6.07) is 13.5. The second-order valence-corrected chi connectivity index (χ2v) is 9.15. The molecular formula is C26H28FNO3. The Morgan fingerprint density at radius 1 is 1.19 bits per heavy atom. The van der Waals surface area contributed by atoms with Crippen LogP contribution in [0.25, 0.3) is 16.6 Å². The van der Waals surface area contributed by atoms with Crippen molar-refractivity contribution in [3.8, 4) is 5.69 Å². The lowest BCUT2D eigenvalue weighted by Gasteiger charge is -2.38. The van der Waals surface area contributed by atoms with Crippen molar-refractivity contribution in [1.29, 1.82) is 0 Å². The molecular weight excluding hydrogens is 393 g/mol.